The van der Waals surface area contributed by atoms with Crippen molar-refractivity contribution >= 4 is 33.6 Å². The van der Waals surface area contributed by atoms with Crippen molar-refractivity contribution in [3.63, 3.8) is 0 Å². The molecule has 2 aliphatic carbocycles. The van der Waals surface area contributed by atoms with Crippen molar-refractivity contribution in [2.75, 3.05) is 0 Å². The summed E-state index contributed by atoms with van der Waals surface area (Å²) in [4.78, 5) is 38.4. The fourth-order valence-electron chi connectivity index (χ4n) is 5.09. The van der Waals surface area contributed by atoms with Crippen LogP contribution in [0.5, 0.6) is 0 Å². The third-order valence-corrected chi connectivity index (χ3v) is 6.81. The van der Waals surface area contributed by atoms with Crippen molar-refractivity contribution in [1.82, 2.24) is 5.32 Å². The number of benzene rings is 1. The first-order valence-corrected chi connectivity index (χ1v) is 11.5. The van der Waals surface area contributed by atoms with Crippen LogP contribution in [0.1, 0.15) is 81.9 Å². The number of aryl methyl sites for hydroxylation is 2. The molecule has 0 bridgehead atoms. The van der Waals surface area contributed by atoms with E-state index in [0.29, 0.717) is 12.8 Å². The van der Waals surface area contributed by atoms with Crippen molar-refractivity contribution in [3.05, 3.63) is 33.3 Å². The normalized spacial score (nSPS) is 27.3. The molecule has 1 N–H and O–H groups in total. The number of halogens is 1. The zero-order chi connectivity index (χ0) is 22.3. The number of ketones is 2. The summed E-state index contributed by atoms with van der Waals surface area (Å²) in [7, 11) is 0. The quantitative estimate of drug-likeness (QED) is 0.567. The van der Waals surface area contributed by atoms with Crippen molar-refractivity contribution in [3.8, 4) is 0 Å². The van der Waals surface area contributed by atoms with Gasteiger partial charge in [-0.2, -0.15) is 0 Å². The van der Waals surface area contributed by atoms with Gasteiger partial charge in [0, 0.05) is 23.4 Å². The highest BCUT2D eigenvalue weighted by molar-refractivity contribution is 9.10. The van der Waals surface area contributed by atoms with Gasteiger partial charge in [-0.05, 0) is 94.5 Å². The first-order valence-electron chi connectivity index (χ1n) is 10.7. The van der Waals surface area contributed by atoms with Crippen LogP contribution >= 0.6 is 15.9 Å². The van der Waals surface area contributed by atoms with E-state index in [9.17, 15) is 14.4 Å². The summed E-state index contributed by atoms with van der Waals surface area (Å²) in [6.07, 6.45) is 3.56. The Kier molecular flexibility index (Phi) is 6.47. The lowest BCUT2D eigenvalue weighted by Crippen LogP contribution is -2.46. The van der Waals surface area contributed by atoms with Crippen molar-refractivity contribution in [2.24, 2.45) is 5.41 Å². The lowest BCUT2D eigenvalue weighted by atomic mass is 9.60. The lowest BCUT2D eigenvalue weighted by Gasteiger charge is -2.43. The highest BCUT2D eigenvalue weighted by atomic mass is 79.9. The summed E-state index contributed by atoms with van der Waals surface area (Å²) in [5, 5.41) is 2.94. The summed E-state index contributed by atoms with van der Waals surface area (Å²) in [6, 6.07) is 3.98. The maximum atomic E-state index is 13.2. The number of hydrogen-bond acceptors (Lipinski definition) is 4. The Morgan fingerprint density at radius 1 is 1.07 bits per heavy atom. The van der Waals surface area contributed by atoms with E-state index in [4.69, 9.17) is 4.74 Å². The standard InChI is InChI=1S/C24H32BrNO4/c1-14-10-16(25)11-15(2)20(14)21-18(27)12-24(13-19(21)28)8-6-17(7-9-24)26-22(29)30-23(3,4)5/h10-11,17,21H,6-9,12-13H2,1-5H3,(H,26,29). The van der Waals surface area contributed by atoms with Crippen LogP contribution in [-0.2, 0) is 14.3 Å². The number of carbonyl (C=O) groups is 3. The van der Waals surface area contributed by atoms with Crippen LogP contribution in [0, 0.1) is 19.3 Å². The number of rotatable bonds is 2. The Morgan fingerprint density at radius 3 is 2.03 bits per heavy atom. The third kappa shape index (κ3) is 5.13. The second-order valence-corrected chi connectivity index (χ2v) is 11.0. The molecule has 6 heteroatoms. The topological polar surface area (TPSA) is 72.5 Å². The predicted molar refractivity (Wildman–Crippen MR) is 120 cm³/mol. The third-order valence-electron chi connectivity index (χ3n) is 6.36. The SMILES string of the molecule is Cc1cc(Br)cc(C)c1C1C(=O)CC2(CCC(NC(=O)OC(C)(C)C)CC2)CC1=O. The Balaban J connectivity index is 1.66. The van der Waals surface area contributed by atoms with Gasteiger partial charge in [0.05, 0.1) is 0 Å². The summed E-state index contributed by atoms with van der Waals surface area (Å²) in [5.41, 5.74) is 2.06. The van der Waals surface area contributed by atoms with Crippen molar-refractivity contribution in [2.45, 2.75) is 90.7 Å². The molecule has 0 unspecified atom stereocenters. The van der Waals surface area contributed by atoms with E-state index in [1.807, 2.05) is 46.8 Å². The number of carbonyl (C=O) groups excluding carboxylic acids is 3. The number of nitrogens with one attached hydrogen (secondary N) is 1. The molecule has 1 amide bonds. The fourth-order valence-corrected chi connectivity index (χ4v) is 5.77. The molecular formula is C24H32BrNO4. The van der Waals surface area contributed by atoms with E-state index in [1.165, 1.54) is 0 Å². The molecule has 0 heterocycles. The maximum absolute atomic E-state index is 13.2. The Morgan fingerprint density at radius 2 is 1.57 bits per heavy atom. The average molecular weight is 478 g/mol. The molecule has 0 atom stereocenters. The molecule has 0 aromatic heterocycles. The molecule has 0 saturated heterocycles. The monoisotopic (exact) mass is 477 g/mol. The smallest absolute Gasteiger partial charge is 0.407 e. The molecule has 0 aliphatic heterocycles. The number of Topliss-reactive ketones (excluding diaryl/α,β-unsaturated/α-hetero) is 2. The van der Waals surface area contributed by atoms with E-state index in [0.717, 1.165) is 46.8 Å². The fraction of sp³-hybridized carbons (Fsp3) is 0.625. The van der Waals surface area contributed by atoms with E-state index in [-0.39, 0.29) is 23.0 Å². The molecule has 2 fully saturated rings. The van der Waals surface area contributed by atoms with Gasteiger partial charge in [0.2, 0.25) is 0 Å². The summed E-state index contributed by atoms with van der Waals surface area (Å²) in [5.74, 6) is -0.557. The predicted octanol–water partition coefficient (Wildman–Crippen LogP) is 5.54. The molecule has 5 nitrogen and oxygen atoms in total. The Bertz CT molecular complexity index is 819. The maximum Gasteiger partial charge on any atom is 0.407 e. The second kappa shape index (κ2) is 8.45. The van der Waals surface area contributed by atoms with E-state index < -0.39 is 17.6 Å². The minimum atomic E-state index is -0.638. The second-order valence-electron chi connectivity index (χ2n) is 10.1. The lowest BCUT2D eigenvalue weighted by molar-refractivity contribution is -0.138. The molecule has 1 spiro atoms. The van der Waals surface area contributed by atoms with Gasteiger partial charge in [0.25, 0.3) is 0 Å². The zero-order valence-electron chi connectivity index (χ0n) is 18.6. The minimum absolute atomic E-state index is 0.0318. The van der Waals surface area contributed by atoms with Gasteiger partial charge < -0.3 is 10.1 Å². The summed E-state index contributed by atoms with van der Waals surface area (Å²) < 4.78 is 6.31. The van der Waals surface area contributed by atoms with Crippen LogP contribution in [0.15, 0.2) is 16.6 Å². The molecule has 0 radical (unpaired) electrons. The van der Waals surface area contributed by atoms with Crippen LogP contribution in [0.3, 0.4) is 0 Å². The van der Waals surface area contributed by atoms with Gasteiger partial charge in [0.15, 0.2) is 0 Å². The average Bonchev–Trinajstić information content (AvgIpc) is 2.57. The summed E-state index contributed by atoms with van der Waals surface area (Å²) >= 11 is 3.49. The van der Waals surface area contributed by atoms with Crippen LogP contribution in [0.2, 0.25) is 0 Å². The van der Waals surface area contributed by atoms with Gasteiger partial charge in [-0.3, -0.25) is 9.59 Å². The number of amides is 1. The number of hydrogen-bond donors (Lipinski definition) is 1. The van der Waals surface area contributed by atoms with E-state index in [2.05, 4.69) is 21.2 Å². The molecule has 30 heavy (non-hydrogen) atoms. The minimum Gasteiger partial charge on any atom is -0.444 e. The highest BCUT2D eigenvalue weighted by Crippen LogP contribution is 2.49. The molecule has 1 aromatic carbocycles. The first kappa shape index (κ1) is 23.0. The Labute approximate surface area is 187 Å². The summed E-state index contributed by atoms with van der Waals surface area (Å²) in [6.45, 7) is 9.45. The van der Waals surface area contributed by atoms with Crippen LogP contribution in [0.25, 0.3) is 0 Å². The van der Waals surface area contributed by atoms with E-state index >= 15 is 0 Å². The highest BCUT2D eigenvalue weighted by Gasteiger charge is 2.47. The van der Waals surface area contributed by atoms with Gasteiger partial charge in [0.1, 0.15) is 23.1 Å². The van der Waals surface area contributed by atoms with Gasteiger partial charge in [-0.1, -0.05) is 15.9 Å². The first-order chi connectivity index (χ1) is 13.9. The van der Waals surface area contributed by atoms with Crippen molar-refractivity contribution in [1.29, 1.82) is 0 Å². The molecule has 164 valence electrons. The molecule has 2 saturated carbocycles. The zero-order valence-corrected chi connectivity index (χ0v) is 20.1. The van der Waals surface area contributed by atoms with Crippen molar-refractivity contribution < 1.29 is 19.1 Å². The van der Waals surface area contributed by atoms with Gasteiger partial charge in [-0.15, -0.1) is 0 Å². The number of alkyl carbamates (subject to hydrolysis) is 1. The molecule has 1 aromatic rings. The van der Waals surface area contributed by atoms with Gasteiger partial charge >= 0.3 is 6.09 Å². The van der Waals surface area contributed by atoms with Gasteiger partial charge in [-0.25, -0.2) is 4.79 Å². The Hall–Kier alpha value is -1.69. The molecular weight excluding hydrogens is 446 g/mol. The number of ether oxygens (including phenoxy) is 1. The largest absolute Gasteiger partial charge is 0.444 e. The van der Waals surface area contributed by atoms with Crippen LogP contribution in [0.4, 0.5) is 4.79 Å². The van der Waals surface area contributed by atoms with Crippen LogP contribution < -0.4 is 5.32 Å². The molecule has 2 aliphatic rings. The van der Waals surface area contributed by atoms with E-state index in [1.54, 1.807) is 0 Å². The molecule has 3 rings (SSSR count). The van der Waals surface area contributed by atoms with Crippen LogP contribution in [-0.4, -0.2) is 29.3 Å².